The Morgan fingerprint density at radius 1 is 0.929 bits per heavy atom. The normalized spacial score (nSPS) is 12.5. The quantitative estimate of drug-likeness (QED) is 0.680. The fourth-order valence-electron chi connectivity index (χ4n) is 4.03. The molecule has 0 radical (unpaired) electrons. The summed E-state index contributed by atoms with van der Waals surface area (Å²) in [6, 6.07) is 24.5. The number of nitrogens with zero attached hydrogens (tertiary/aromatic N) is 1. The highest BCUT2D eigenvalue weighted by Gasteiger charge is 2.32. The number of rotatable bonds is 6. The van der Waals surface area contributed by atoms with Crippen LogP contribution in [-0.2, 0) is 4.79 Å². The van der Waals surface area contributed by atoms with Crippen molar-refractivity contribution in [3.63, 3.8) is 0 Å². The van der Waals surface area contributed by atoms with Gasteiger partial charge in [-0.05, 0) is 40.9 Å². The van der Waals surface area contributed by atoms with Gasteiger partial charge < -0.3 is 10.1 Å². The zero-order valence-electron chi connectivity index (χ0n) is 16.2. The van der Waals surface area contributed by atoms with Crippen molar-refractivity contribution >= 4 is 11.6 Å². The van der Waals surface area contributed by atoms with Gasteiger partial charge in [0.2, 0.25) is 5.91 Å². The van der Waals surface area contributed by atoms with Crippen molar-refractivity contribution in [1.29, 1.82) is 0 Å². The number of amides is 1. The molecule has 1 aliphatic rings. The summed E-state index contributed by atoms with van der Waals surface area (Å²) in [6.07, 6.45) is 0. The molecule has 0 unspecified atom stereocenters. The van der Waals surface area contributed by atoms with E-state index in [1.54, 1.807) is 7.11 Å². The van der Waals surface area contributed by atoms with Gasteiger partial charge in [0.25, 0.3) is 0 Å². The molecule has 0 saturated carbocycles. The molecule has 4 rings (SSSR count). The standard InChI is InChI=1S/C24H24N2O2/c1-3-26(16-23(27)25-21-14-8-9-15-22(21)28-2)24-19-12-6-4-10-17(19)18-11-5-7-13-20(18)24/h4-15,24H,3,16H2,1-2H3,(H,25,27). The van der Waals surface area contributed by atoms with Gasteiger partial charge >= 0.3 is 0 Å². The van der Waals surface area contributed by atoms with Crippen LogP contribution in [0.25, 0.3) is 11.1 Å². The second-order valence-electron chi connectivity index (χ2n) is 6.89. The van der Waals surface area contributed by atoms with E-state index >= 15 is 0 Å². The van der Waals surface area contributed by atoms with Crippen LogP contribution in [0.3, 0.4) is 0 Å². The van der Waals surface area contributed by atoms with Crippen molar-refractivity contribution in [3.8, 4) is 16.9 Å². The molecule has 1 amide bonds. The molecule has 0 aliphatic heterocycles. The molecular weight excluding hydrogens is 348 g/mol. The van der Waals surface area contributed by atoms with E-state index in [4.69, 9.17) is 4.74 Å². The SMILES string of the molecule is CCN(CC(=O)Nc1ccccc1OC)C1c2ccccc2-c2ccccc21. The summed E-state index contributed by atoms with van der Waals surface area (Å²) in [5.74, 6) is 0.615. The highest BCUT2D eigenvalue weighted by Crippen LogP contribution is 2.45. The van der Waals surface area contributed by atoms with Gasteiger partial charge in [0.15, 0.2) is 0 Å². The number of benzene rings is 3. The summed E-state index contributed by atoms with van der Waals surface area (Å²) in [4.78, 5) is 15.0. The average molecular weight is 372 g/mol. The number of methoxy groups -OCH3 is 1. The molecule has 28 heavy (non-hydrogen) atoms. The average Bonchev–Trinajstić information content (AvgIpc) is 3.07. The Balaban J connectivity index is 1.60. The van der Waals surface area contributed by atoms with Gasteiger partial charge in [0.05, 0.1) is 25.4 Å². The molecule has 1 N–H and O–H groups in total. The van der Waals surface area contributed by atoms with Crippen molar-refractivity contribution in [2.24, 2.45) is 0 Å². The molecule has 3 aromatic carbocycles. The topological polar surface area (TPSA) is 41.6 Å². The smallest absolute Gasteiger partial charge is 0.238 e. The van der Waals surface area contributed by atoms with Crippen LogP contribution >= 0.6 is 0 Å². The Morgan fingerprint density at radius 3 is 2.11 bits per heavy atom. The molecule has 0 bridgehead atoms. The highest BCUT2D eigenvalue weighted by molar-refractivity contribution is 5.94. The van der Waals surface area contributed by atoms with E-state index in [0.717, 1.165) is 6.54 Å². The molecule has 4 heteroatoms. The minimum Gasteiger partial charge on any atom is -0.495 e. The van der Waals surface area contributed by atoms with Crippen LogP contribution in [0.4, 0.5) is 5.69 Å². The van der Waals surface area contributed by atoms with Gasteiger partial charge in [0.1, 0.15) is 5.75 Å². The fourth-order valence-corrected chi connectivity index (χ4v) is 4.03. The number of nitrogens with one attached hydrogen (secondary N) is 1. The van der Waals surface area contributed by atoms with Gasteiger partial charge in [0, 0.05) is 0 Å². The molecule has 0 aromatic heterocycles. The number of para-hydroxylation sites is 2. The third-order valence-corrected chi connectivity index (χ3v) is 5.30. The van der Waals surface area contributed by atoms with E-state index in [-0.39, 0.29) is 11.9 Å². The molecule has 0 spiro atoms. The molecule has 3 aromatic rings. The Bertz CT molecular complexity index is 954. The summed E-state index contributed by atoms with van der Waals surface area (Å²) in [7, 11) is 1.61. The molecule has 0 heterocycles. The van der Waals surface area contributed by atoms with Crippen molar-refractivity contribution in [2.45, 2.75) is 13.0 Å². The third kappa shape index (κ3) is 3.27. The predicted molar refractivity (Wildman–Crippen MR) is 113 cm³/mol. The molecular formula is C24H24N2O2. The van der Waals surface area contributed by atoms with Crippen LogP contribution in [0, 0.1) is 0 Å². The van der Waals surface area contributed by atoms with Crippen molar-refractivity contribution in [2.75, 3.05) is 25.5 Å². The molecule has 0 fully saturated rings. The van der Waals surface area contributed by atoms with Gasteiger partial charge in [-0.1, -0.05) is 67.6 Å². The first-order chi connectivity index (χ1) is 13.7. The zero-order valence-corrected chi connectivity index (χ0v) is 16.2. The Kier molecular flexibility index (Phi) is 5.13. The number of carbonyl (C=O) groups excluding carboxylic acids is 1. The monoisotopic (exact) mass is 372 g/mol. The van der Waals surface area contributed by atoms with E-state index < -0.39 is 0 Å². The highest BCUT2D eigenvalue weighted by atomic mass is 16.5. The number of fused-ring (bicyclic) bond motifs is 3. The minimum atomic E-state index is -0.0480. The van der Waals surface area contributed by atoms with Gasteiger partial charge in [-0.3, -0.25) is 9.69 Å². The van der Waals surface area contributed by atoms with Crippen molar-refractivity contribution < 1.29 is 9.53 Å². The lowest BCUT2D eigenvalue weighted by Gasteiger charge is -2.28. The van der Waals surface area contributed by atoms with Crippen molar-refractivity contribution in [3.05, 3.63) is 83.9 Å². The number of hydrogen-bond acceptors (Lipinski definition) is 3. The van der Waals surface area contributed by atoms with Crippen LogP contribution in [0.15, 0.2) is 72.8 Å². The van der Waals surface area contributed by atoms with Gasteiger partial charge in [-0.2, -0.15) is 0 Å². The Morgan fingerprint density at radius 2 is 1.50 bits per heavy atom. The lowest BCUT2D eigenvalue weighted by atomic mass is 10.0. The Hall–Kier alpha value is -3.11. The summed E-state index contributed by atoms with van der Waals surface area (Å²) >= 11 is 0. The number of anilines is 1. The first-order valence-electron chi connectivity index (χ1n) is 9.58. The van der Waals surface area contributed by atoms with E-state index in [2.05, 4.69) is 65.7 Å². The Labute approximate surface area is 165 Å². The fraction of sp³-hybridized carbons (Fsp3) is 0.208. The molecule has 142 valence electrons. The third-order valence-electron chi connectivity index (χ3n) is 5.30. The van der Waals surface area contributed by atoms with Crippen LogP contribution in [-0.4, -0.2) is 31.0 Å². The van der Waals surface area contributed by atoms with E-state index in [1.807, 2.05) is 24.3 Å². The first-order valence-corrected chi connectivity index (χ1v) is 9.58. The summed E-state index contributed by atoms with van der Waals surface area (Å²) in [5, 5.41) is 2.99. The van der Waals surface area contributed by atoms with E-state index in [9.17, 15) is 4.79 Å². The number of carbonyl (C=O) groups is 1. The minimum absolute atomic E-state index is 0.0480. The second kappa shape index (κ2) is 7.87. The van der Waals surface area contributed by atoms with Gasteiger partial charge in [-0.25, -0.2) is 0 Å². The summed E-state index contributed by atoms with van der Waals surface area (Å²) in [5.41, 5.74) is 5.72. The molecule has 0 saturated heterocycles. The number of likely N-dealkylation sites (N-methyl/N-ethyl adjacent to an activating group) is 1. The van der Waals surface area contributed by atoms with Crippen LogP contribution in [0.5, 0.6) is 5.75 Å². The van der Waals surface area contributed by atoms with Crippen molar-refractivity contribution in [1.82, 2.24) is 4.90 Å². The van der Waals surface area contributed by atoms with Crippen LogP contribution in [0.2, 0.25) is 0 Å². The molecule has 4 nitrogen and oxygen atoms in total. The maximum atomic E-state index is 12.8. The molecule has 0 atom stereocenters. The molecule has 1 aliphatic carbocycles. The maximum Gasteiger partial charge on any atom is 0.238 e. The number of hydrogen-bond donors (Lipinski definition) is 1. The summed E-state index contributed by atoms with van der Waals surface area (Å²) < 4.78 is 5.34. The number of ether oxygens (including phenoxy) is 1. The van der Waals surface area contributed by atoms with Gasteiger partial charge in [-0.15, -0.1) is 0 Å². The maximum absolute atomic E-state index is 12.8. The largest absolute Gasteiger partial charge is 0.495 e. The van der Waals surface area contributed by atoms with Crippen LogP contribution in [0.1, 0.15) is 24.1 Å². The zero-order chi connectivity index (χ0) is 19.5. The summed E-state index contributed by atoms with van der Waals surface area (Å²) in [6.45, 7) is 3.18. The van der Waals surface area contributed by atoms with E-state index in [0.29, 0.717) is 18.0 Å². The van der Waals surface area contributed by atoms with Crippen LogP contribution < -0.4 is 10.1 Å². The lowest BCUT2D eigenvalue weighted by Crippen LogP contribution is -2.36. The second-order valence-corrected chi connectivity index (χ2v) is 6.89. The first kappa shape index (κ1) is 18.3. The predicted octanol–water partition coefficient (Wildman–Crippen LogP) is 4.73. The lowest BCUT2D eigenvalue weighted by molar-refractivity contribution is -0.117. The van der Waals surface area contributed by atoms with E-state index in [1.165, 1.54) is 22.3 Å².